The zero-order valence-corrected chi connectivity index (χ0v) is 15.2. The number of carbonyl (C=O) groups excluding carboxylic acids is 1. The molecule has 0 N–H and O–H groups in total. The lowest BCUT2D eigenvalue weighted by Crippen LogP contribution is -2.37. The summed E-state index contributed by atoms with van der Waals surface area (Å²) in [6, 6.07) is 5.70. The Morgan fingerprint density at radius 2 is 1.96 bits per heavy atom. The van der Waals surface area contributed by atoms with Crippen molar-refractivity contribution in [1.29, 1.82) is 0 Å². The molecule has 3 rings (SSSR count). The van der Waals surface area contributed by atoms with E-state index in [1.54, 1.807) is 0 Å². The van der Waals surface area contributed by atoms with Crippen molar-refractivity contribution < 1.29 is 4.79 Å². The molecule has 1 aliphatic heterocycles. The van der Waals surface area contributed by atoms with Gasteiger partial charge in [-0.05, 0) is 38.0 Å². The minimum absolute atomic E-state index is 0.126. The highest BCUT2D eigenvalue weighted by molar-refractivity contribution is 8.00. The van der Waals surface area contributed by atoms with E-state index in [0.717, 1.165) is 42.1 Å². The minimum atomic E-state index is -0.126. The van der Waals surface area contributed by atoms with Crippen LogP contribution < -0.4 is 0 Å². The number of halogens is 1. The third-order valence-electron chi connectivity index (χ3n) is 4.35. The van der Waals surface area contributed by atoms with Crippen LogP contribution in [0.15, 0.2) is 23.4 Å². The first-order valence-electron chi connectivity index (χ1n) is 8.13. The summed E-state index contributed by atoms with van der Waals surface area (Å²) in [4.78, 5) is 19.3. The summed E-state index contributed by atoms with van der Waals surface area (Å²) in [5.74, 6) is 0.224. The molecule has 1 saturated heterocycles. The molecule has 0 saturated carbocycles. The van der Waals surface area contributed by atoms with E-state index in [0.29, 0.717) is 5.02 Å². The van der Waals surface area contributed by atoms with Crippen LogP contribution in [0.3, 0.4) is 0 Å². The van der Waals surface area contributed by atoms with Crippen molar-refractivity contribution >= 4 is 40.3 Å². The number of aromatic nitrogens is 2. The van der Waals surface area contributed by atoms with Gasteiger partial charge in [-0.1, -0.05) is 36.2 Å². The summed E-state index contributed by atoms with van der Waals surface area (Å²) in [5, 5.41) is 1.41. The average Bonchev–Trinajstić information content (AvgIpc) is 2.73. The lowest BCUT2D eigenvalue weighted by atomic mass is 10.2. The summed E-state index contributed by atoms with van der Waals surface area (Å²) < 4.78 is 2.03. The number of hydrogen-bond donors (Lipinski definition) is 0. The fraction of sp³-hybridized carbons (Fsp3) is 0.529. The van der Waals surface area contributed by atoms with Gasteiger partial charge in [0.25, 0.3) is 0 Å². The number of likely N-dealkylation sites (tertiary alicyclic amines) is 1. The normalized spacial score (nSPS) is 17.3. The topological polar surface area (TPSA) is 38.1 Å². The van der Waals surface area contributed by atoms with Crippen molar-refractivity contribution in [2.24, 2.45) is 7.05 Å². The molecule has 0 spiro atoms. The van der Waals surface area contributed by atoms with Crippen LogP contribution in [0.2, 0.25) is 5.02 Å². The maximum Gasteiger partial charge on any atom is 0.235 e. The Bertz CT molecular complexity index is 707. The zero-order valence-electron chi connectivity index (χ0n) is 13.6. The number of thioether (sulfide) groups is 1. The SMILES string of the molecule is C[C@@H](Sc1nc2cc(Cl)ccc2n1C)C(=O)N1CCCCCC1. The Morgan fingerprint density at radius 3 is 2.65 bits per heavy atom. The summed E-state index contributed by atoms with van der Waals surface area (Å²) in [7, 11) is 1.98. The van der Waals surface area contributed by atoms with Gasteiger partial charge < -0.3 is 9.47 Å². The predicted octanol–water partition coefficient (Wildman–Crippen LogP) is 4.11. The van der Waals surface area contributed by atoms with E-state index in [-0.39, 0.29) is 11.2 Å². The molecule has 1 aromatic heterocycles. The molecule has 124 valence electrons. The van der Waals surface area contributed by atoms with Crippen LogP contribution in [0.1, 0.15) is 32.6 Å². The van der Waals surface area contributed by atoms with Crippen LogP contribution in [0.4, 0.5) is 0 Å². The Kier molecular flexibility index (Phi) is 5.17. The van der Waals surface area contributed by atoms with Gasteiger partial charge in [-0.15, -0.1) is 0 Å². The molecule has 1 atom stereocenters. The minimum Gasteiger partial charge on any atom is -0.342 e. The molecule has 0 bridgehead atoms. The largest absolute Gasteiger partial charge is 0.342 e. The van der Waals surface area contributed by atoms with Crippen molar-refractivity contribution in [1.82, 2.24) is 14.5 Å². The number of aryl methyl sites for hydroxylation is 1. The third kappa shape index (κ3) is 3.66. The second-order valence-electron chi connectivity index (χ2n) is 6.09. The van der Waals surface area contributed by atoms with Gasteiger partial charge in [-0.2, -0.15) is 0 Å². The van der Waals surface area contributed by atoms with Crippen LogP contribution in [-0.2, 0) is 11.8 Å². The van der Waals surface area contributed by atoms with Crippen molar-refractivity contribution in [3.8, 4) is 0 Å². The molecule has 0 radical (unpaired) electrons. The van der Waals surface area contributed by atoms with Gasteiger partial charge in [0.1, 0.15) is 0 Å². The Labute approximate surface area is 146 Å². The molecular formula is C17H22ClN3OS. The number of amides is 1. The van der Waals surface area contributed by atoms with Gasteiger partial charge in [0.2, 0.25) is 5.91 Å². The highest BCUT2D eigenvalue weighted by atomic mass is 35.5. The number of benzene rings is 1. The average molecular weight is 352 g/mol. The molecule has 2 aromatic rings. The molecule has 1 aliphatic rings. The third-order valence-corrected chi connectivity index (χ3v) is 5.72. The second-order valence-corrected chi connectivity index (χ2v) is 7.83. The summed E-state index contributed by atoms with van der Waals surface area (Å²) in [6.45, 7) is 3.76. The van der Waals surface area contributed by atoms with Gasteiger partial charge in [-0.3, -0.25) is 4.79 Å². The van der Waals surface area contributed by atoms with Gasteiger partial charge >= 0.3 is 0 Å². The van der Waals surface area contributed by atoms with Gasteiger partial charge in [0, 0.05) is 25.2 Å². The van der Waals surface area contributed by atoms with E-state index in [1.165, 1.54) is 24.6 Å². The van der Waals surface area contributed by atoms with E-state index in [9.17, 15) is 4.79 Å². The predicted molar refractivity (Wildman–Crippen MR) is 96.1 cm³/mol. The molecule has 4 nitrogen and oxygen atoms in total. The smallest absolute Gasteiger partial charge is 0.235 e. The molecular weight excluding hydrogens is 330 g/mol. The lowest BCUT2D eigenvalue weighted by Gasteiger charge is -2.23. The molecule has 1 fully saturated rings. The van der Waals surface area contributed by atoms with Crippen LogP contribution in [0.5, 0.6) is 0 Å². The molecule has 0 unspecified atom stereocenters. The van der Waals surface area contributed by atoms with Crippen LogP contribution in [0, 0.1) is 0 Å². The first kappa shape index (κ1) is 16.7. The maximum absolute atomic E-state index is 12.7. The molecule has 6 heteroatoms. The molecule has 1 amide bonds. The number of carbonyl (C=O) groups is 1. The number of rotatable bonds is 3. The number of nitrogens with zero attached hydrogens (tertiary/aromatic N) is 3. The summed E-state index contributed by atoms with van der Waals surface area (Å²) >= 11 is 7.56. The fourth-order valence-corrected chi connectivity index (χ4v) is 4.15. The van der Waals surface area contributed by atoms with Crippen molar-refractivity contribution in [2.75, 3.05) is 13.1 Å². The number of hydrogen-bond acceptors (Lipinski definition) is 3. The van der Waals surface area contributed by atoms with E-state index >= 15 is 0 Å². The van der Waals surface area contributed by atoms with Gasteiger partial charge in [0.05, 0.1) is 16.3 Å². The Hall–Kier alpha value is -1.20. The van der Waals surface area contributed by atoms with Gasteiger partial charge in [0.15, 0.2) is 5.16 Å². The van der Waals surface area contributed by atoms with E-state index in [1.807, 2.05) is 41.6 Å². The van der Waals surface area contributed by atoms with Crippen LogP contribution in [-0.4, -0.2) is 38.7 Å². The Balaban J connectivity index is 1.75. The quantitative estimate of drug-likeness (QED) is 0.781. The monoisotopic (exact) mass is 351 g/mol. The van der Waals surface area contributed by atoms with Crippen LogP contribution in [0.25, 0.3) is 11.0 Å². The van der Waals surface area contributed by atoms with Crippen molar-refractivity contribution in [3.05, 3.63) is 23.2 Å². The molecule has 23 heavy (non-hydrogen) atoms. The molecule has 0 aliphatic carbocycles. The van der Waals surface area contributed by atoms with E-state index in [4.69, 9.17) is 11.6 Å². The molecule has 1 aromatic carbocycles. The number of fused-ring (bicyclic) bond motifs is 1. The highest BCUT2D eigenvalue weighted by Gasteiger charge is 2.24. The van der Waals surface area contributed by atoms with Crippen molar-refractivity contribution in [3.63, 3.8) is 0 Å². The first-order valence-corrected chi connectivity index (χ1v) is 9.39. The van der Waals surface area contributed by atoms with E-state index in [2.05, 4.69) is 4.98 Å². The standard InChI is InChI=1S/C17H22ClN3OS/c1-12(16(22)21-9-5-3-4-6-10-21)23-17-19-14-11-13(18)7-8-15(14)20(17)2/h7-8,11-12H,3-6,9-10H2,1-2H3/t12-/m1/s1. The maximum atomic E-state index is 12.7. The summed E-state index contributed by atoms with van der Waals surface area (Å²) in [5.41, 5.74) is 1.91. The van der Waals surface area contributed by atoms with Crippen LogP contribution >= 0.6 is 23.4 Å². The molecule has 2 heterocycles. The fourth-order valence-electron chi connectivity index (χ4n) is 3.01. The van der Waals surface area contributed by atoms with E-state index < -0.39 is 0 Å². The number of imidazole rings is 1. The Morgan fingerprint density at radius 1 is 1.26 bits per heavy atom. The van der Waals surface area contributed by atoms with Crippen molar-refractivity contribution in [2.45, 2.75) is 43.0 Å². The second kappa shape index (κ2) is 7.14. The lowest BCUT2D eigenvalue weighted by molar-refractivity contribution is -0.130. The zero-order chi connectivity index (χ0) is 16.4. The highest BCUT2D eigenvalue weighted by Crippen LogP contribution is 2.28. The first-order chi connectivity index (χ1) is 11.1. The van der Waals surface area contributed by atoms with Gasteiger partial charge in [-0.25, -0.2) is 4.98 Å². The summed E-state index contributed by atoms with van der Waals surface area (Å²) in [6.07, 6.45) is 4.70.